The highest BCUT2D eigenvalue weighted by Gasteiger charge is 1.80. The molecule has 0 rings (SSSR count). The largest absolute Gasteiger partial charge is 0.299 e. The van der Waals surface area contributed by atoms with Gasteiger partial charge in [0, 0.05) is 0 Å². The summed E-state index contributed by atoms with van der Waals surface area (Å²) >= 11 is 0. The molecule has 0 heterocycles. The maximum atomic E-state index is 9.74. The van der Waals surface area contributed by atoms with Crippen LogP contribution in [0.2, 0.25) is 0 Å². The van der Waals surface area contributed by atoms with Crippen molar-refractivity contribution in [1.29, 1.82) is 0 Å². The zero-order chi connectivity index (χ0) is 7.11. The Hall–Kier alpha value is -0.850. The molecule has 0 N–H and O–H groups in total. The van der Waals surface area contributed by atoms with Crippen molar-refractivity contribution in [2.75, 3.05) is 0 Å². The first-order chi connectivity index (χ1) is 4.27. The van der Waals surface area contributed by atoms with Crippen molar-refractivity contribution >= 4 is 6.29 Å². The van der Waals surface area contributed by atoms with Crippen molar-refractivity contribution in [2.45, 2.75) is 19.8 Å². The molecule has 0 amide bonds. The number of aldehydes is 1. The quantitative estimate of drug-likeness (QED) is 0.318. The molecule has 50 valence electrons. The summed E-state index contributed by atoms with van der Waals surface area (Å²) in [7, 11) is 0. The third-order valence-corrected chi connectivity index (χ3v) is 0.952. The van der Waals surface area contributed by atoms with Gasteiger partial charge in [-0.05, 0) is 25.8 Å². The van der Waals surface area contributed by atoms with Crippen LogP contribution in [-0.2, 0) is 4.79 Å². The van der Waals surface area contributed by atoms with Gasteiger partial charge in [-0.2, -0.15) is 0 Å². The maximum absolute atomic E-state index is 9.74. The molecular weight excluding hydrogens is 112 g/mol. The van der Waals surface area contributed by atoms with Gasteiger partial charge in [0.1, 0.15) is 6.29 Å². The fourth-order valence-electron chi connectivity index (χ4n) is 0.482. The van der Waals surface area contributed by atoms with Gasteiger partial charge in [-0.25, -0.2) is 0 Å². The molecule has 0 bridgehead atoms. The summed E-state index contributed by atoms with van der Waals surface area (Å²) in [5.74, 6) is 0. The monoisotopic (exact) mass is 124 g/mol. The number of rotatable bonds is 4. The molecule has 0 spiro atoms. The van der Waals surface area contributed by atoms with Crippen LogP contribution in [0, 0.1) is 0 Å². The van der Waals surface area contributed by atoms with E-state index in [1.807, 2.05) is 13.0 Å². The third-order valence-electron chi connectivity index (χ3n) is 0.952. The van der Waals surface area contributed by atoms with Crippen LogP contribution in [0.15, 0.2) is 24.3 Å². The first kappa shape index (κ1) is 8.15. The lowest BCUT2D eigenvalue weighted by Gasteiger charge is -1.89. The fourth-order valence-corrected chi connectivity index (χ4v) is 0.482. The Balaban J connectivity index is 3.19. The lowest BCUT2D eigenvalue weighted by molar-refractivity contribution is -0.104. The minimum atomic E-state index is 0.790. The molecule has 0 saturated carbocycles. The Morgan fingerprint density at radius 1 is 1.67 bits per heavy atom. The first-order valence-electron chi connectivity index (χ1n) is 3.02. The molecular formula is C8H12O. The number of carbonyl (C=O) groups is 1. The van der Waals surface area contributed by atoms with Crippen molar-refractivity contribution in [1.82, 2.24) is 0 Å². The van der Waals surface area contributed by atoms with E-state index in [2.05, 4.69) is 6.58 Å². The van der Waals surface area contributed by atoms with Crippen molar-refractivity contribution in [2.24, 2.45) is 0 Å². The van der Waals surface area contributed by atoms with E-state index in [-0.39, 0.29) is 0 Å². The summed E-state index contributed by atoms with van der Waals surface area (Å²) in [6.45, 7) is 5.71. The van der Waals surface area contributed by atoms with Crippen LogP contribution in [0.1, 0.15) is 19.8 Å². The molecule has 0 fully saturated rings. The zero-order valence-corrected chi connectivity index (χ0v) is 5.76. The molecule has 0 aliphatic carbocycles. The zero-order valence-electron chi connectivity index (χ0n) is 5.76. The van der Waals surface area contributed by atoms with Gasteiger partial charge in [-0.1, -0.05) is 11.6 Å². The average Bonchev–Trinajstić information content (AvgIpc) is 1.80. The standard InChI is InChI=1S/C8H12O/c1-8(2)6-4-3-5-7-9/h3,5,7H,1,4,6H2,2H3. The molecule has 0 aliphatic heterocycles. The summed E-state index contributed by atoms with van der Waals surface area (Å²) in [5, 5.41) is 0. The molecule has 1 heteroatoms. The Bertz CT molecular complexity index is 123. The molecule has 0 aromatic heterocycles. The van der Waals surface area contributed by atoms with Crippen molar-refractivity contribution < 1.29 is 4.79 Å². The molecule has 0 radical (unpaired) electrons. The minimum absolute atomic E-state index is 0.790. The SMILES string of the molecule is C=C(C)CCC=CC=O. The van der Waals surface area contributed by atoms with E-state index in [1.165, 1.54) is 6.08 Å². The van der Waals surface area contributed by atoms with E-state index >= 15 is 0 Å². The van der Waals surface area contributed by atoms with Crippen LogP contribution < -0.4 is 0 Å². The van der Waals surface area contributed by atoms with Gasteiger partial charge >= 0.3 is 0 Å². The summed E-state index contributed by atoms with van der Waals surface area (Å²) in [6, 6.07) is 0. The first-order valence-corrected chi connectivity index (χ1v) is 3.02. The van der Waals surface area contributed by atoms with Crippen molar-refractivity contribution in [3.8, 4) is 0 Å². The van der Waals surface area contributed by atoms with E-state index in [0.29, 0.717) is 0 Å². The van der Waals surface area contributed by atoms with Crippen molar-refractivity contribution in [3.05, 3.63) is 24.3 Å². The van der Waals surface area contributed by atoms with E-state index in [0.717, 1.165) is 24.7 Å². The van der Waals surface area contributed by atoms with Crippen LogP contribution in [0.25, 0.3) is 0 Å². The average molecular weight is 124 g/mol. The molecule has 0 atom stereocenters. The van der Waals surface area contributed by atoms with Crippen LogP contribution in [0.3, 0.4) is 0 Å². The highest BCUT2D eigenvalue weighted by molar-refractivity contribution is 5.64. The summed E-state index contributed by atoms with van der Waals surface area (Å²) in [4.78, 5) is 9.74. The topological polar surface area (TPSA) is 17.1 Å². The van der Waals surface area contributed by atoms with E-state index in [1.54, 1.807) is 0 Å². The maximum Gasteiger partial charge on any atom is 0.142 e. The molecule has 0 unspecified atom stereocenters. The summed E-state index contributed by atoms with van der Waals surface area (Å²) < 4.78 is 0. The summed E-state index contributed by atoms with van der Waals surface area (Å²) in [6.07, 6.45) is 6.06. The molecule has 1 nitrogen and oxygen atoms in total. The molecule has 0 aromatic rings. The molecule has 0 aliphatic rings. The van der Waals surface area contributed by atoms with E-state index < -0.39 is 0 Å². The van der Waals surface area contributed by atoms with Crippen LogP contribution in [0.4, 0.5) is 0 Å². The number of allylic oxidation sites excluding steroid dienone is 3. The van der Waals surface area contributed by atoms with Gasteiger partial charge in [0.2, 0.25) is 0 Å². The van der Waals surface area contributed by atoms with Gasteiger partial charge in [0.05, 0.1) is 0 Å². The predicted octanol–water partition coefficient (Wildman–Crippen LogP) is 2.10. The minimum Gasteiger partial charge on any atom is -0.299 e. The fraction of sp³-hybridized carbons (Fsp3) is 0.375. The number of hydrogen-bond acceptors (Lipinski definition) is 1. The molecule has 0 aromatic carbocycles. The van der Waals surface area contributed by atoms with Gasteiger partial charge in [-0.15, -0.1) is 6.58 Å². The Morgan fingerprint density at radius 2 is 2.33 bits per heavy atom. The van der Waals surface area contributed by atoms with E-state index in [9.17, 15) is 4.79 Å². The van der Waals surface area contributed by atoms with Gasteiger partial charge in [-0.3, -0.25) is 4.79 Å². The smallest absolute Gasteiger partial charge is 0.142 e. The molecule has 0 saturated heterocycles. The lowest BCUT2D eigenvalue weighted by atomic mass is 10.2. The normalized spacial score (nSPS) is 9.89. The second-order valence-electron chi connectivity index (χ2n) is 2.06. The third kappa shape index (κ3) is 7.15. The van der Waals surface area contributed by atoms with Gasteiger partial charge in [0.25, 0.3) is 0 Å². The number of carbonyl (C=O) groups excluding carboxylic acids is 1. The lowest BCUT2D eigenvalue weighted by Crippen LogP contribution is -1.71. The second kappa shape index (κ2) is 5.29. The Kier molecular flexibility index (Phi) is 4.79. The summed E-state index contributed by atoms with van der Waals surface area (Å²) in [5.41, 5.74) is 1.16. The van der Waals surface area contributed by atoms with Crippen LogP contribution in [-0.4, -0.2) is 6.29 Å². The van der Waals surface area contributed by atoms with Gasteiger partial charge < -0.3 is 0 Å². The van der Waals surface area contributed by atoms with Crippen molar-refractivity contribution in [3.63, 3.8) is 0 Å². The second-order valence-corrected chi connectivity index (χ2v) is 2.06. The Labute approximate surface area is 56.1 Å². The van der Waals surface area contributed by atoms with Gasteiger partial charge in [0.15, 0.2) is 0 Å². The Morgan fingerprint density at radius 3 is 2.78 bits per heavy atom. The predicted molar refractivity (Wildman–Crippen MR) is 39.3 cm³/mol. The highest BCUT2D eigenvalue weighted by atomic mass is 16.1. The number of hydrogen-bond donors (Lipinski definition) is 0. The van der Waals surface area contributed by atoms with E-state index in [4.69, 9.17) is 0 Å². The van der Waals surface area contributed by atoms with Crippen LogP contribution in [0.5, 0.6) is 0 Å². The van der Waals surface area contributed by atoms with Crippen LogP contribution >= 0.6 is 0 Å². The highest BCUT2D eigenvalue weighted by Crippen LogP contribution is 1.99. The molecule has 9 heavy (non-hydrogen) atoms.